The molecule has 3 N–H and O–H groups in total. The molecule has 0 saturated carbocycles. The molecule has 0 aliphatic heterocycles. The van der Waals surface area contributed by atoms with E-state index in [1.807, 2.05) is 0 Å². The zero-order chi connectivity index (χ0) is 20.3. The zero-order valence-corrected chi connectivity index (χ0v) is 14.7. The van der Waals surface area contributed by atoms with Gasteiger partial charge in [0.15, 0.2) is 0 Å². The lowest BCUT2D eigenvalue weighted by atomic mass is 9.88. The van der Waals surface area contributed by atoms with Gasteiger partial charge < -0.3 is 15.6 Å². The summed E-state index contributed by atoms with van der Waals surface area (Å²) in [6.07, 6.45) is 0.501. The topological polar surface area (TPSA) is 72.5 Å². The summed E-state index contributed by atoms with van der Waals surface area (Å²) in [5.41, 5.74) is 7.17. The van der Waals surface area contributed by atoms with E-state index in [-0.39, 0.29) is 12.4 Å². The van der Waals surface area contributed by atoms with Crippen molar-refractivity contribution in [2.75, 3.05) is 0 Å². The Bertz CT molecular complexity index is 934. The van der Waals surface area contributed by atoms with Gasteiger partial charge in [0.2, 0.25) is 0 Å². The summed E-state index contributed by atoms with van der Waals surface area (Å²) in [6, 6.07) is 11.2. The van der Waals surface area contributed by atoms with Crippen LogP contribution >= 0.6 is 0 Å². The molecule has 0 saturated heterocycles. The van der Waals surface area contributed by atoms with E-state index in [2.05, 4.69) is 0 Å². The highest BCUT2D eigenvalue weighted by Crippen LogP contribution is 2.32. The van der Waals surface area contributed by atoms with Crippen molar-refractivity contribution in [1.29, 1.82) is 0 Å². The third-order valence-electron chi connectivity index (χ3n) is 4.44. The van der Waals surface area contributed by atoms with Crippen molar-refractivity contribution in [2.24, 2.45) is 11.7 Å². The van der Waals surface area contributed by atoms with Crippen LogP contribution in [0.2, 0.25) is 0 Å². The molecule has 1 aliphatic rings. The molecule has 146 valence electrons. The Morgan fingerprint density at radius 2 is 1.89 bits per heavy atom. The molecular weight excluding hydrogens is 371 g/mol. The second-order valence-corrected chi connectivity index (χ2v) is 6.39. The Balaban J connectivity index is 1.83. The van der Waals surface area contributed by atoms with Crippen LogP contribution in [0.4, 0.5) is 13.2 Å². The van der Waals surface area contributed by atoms with Crippen molar-refractivity contribution >= 4 is 11.5 Å². The zero-order valence-electron chi connectivity index (χ0n) is 14.7. The van der Waals surface area contributed by atoms with E-state index < -0.39 is 29.7 Å². The summed E-state index contributed by atoms with van der Waals surface area (Å²) in [5.74, 6) is -1.77. The van der Waals surface area contributed by atoms with Gasteiger partial charge in [-0.25, -0.2) is 0 Å². The highest BCUT2D eigenvalue weighted by Gasteiger charge is 2.30. The van der Waals surface area contributed by atoms with Crippen molar-refractivity contribution in [3.63, 3.8) is 0 Å². The Morgan fingerprint density at radius 1 is 1.14 bits per heavy atom. The van der Waals surface area contributed by atoms with Crippen molar-refractivity contribution in [3.05, 3.63) is 83.4 Å². The van der Waals surface area contributed by atoms with Gasteiger partial charge in [0.05, 0.1) is 11.5 Å². The van der Waals surface area contributed by atoms with E-state index >= 15 is 0 Å². The van der Waals surface area contributed by atoms with Crippen molar-refractivity contribution in [2.45, 2.75) is 18.8 Å². The molecule has 0 amide bonds. The first-order valence-electron chi connectivity index (χ1n) is 8.52. The van der Waals surface area contributed by atoms with Crippen LogP contribution in [0.1, 0.15) is 16.7 Å². The number of allylic oxidation sites excluding steroid dienone is 2. The first kappa shape index (κ1) is 19.7. The van der Waals surface area contributed by atoms with E-state index in [1.165, 1.54) is 12.1 Å². The molecule has 0 bridgehead atoms. The maximum absolute atomic E-state index is 12.8. The van der Waals surface area contributed by atoms with Crippen LogP contribution in [-0.2, 0) is 17.6 Å². The first-order chi connectivity index (χ1) is 13.3. The molecule has 2 atom stereocenters. The number of ether oxygens (including phenoxy) is 1. The number of hydrogen-bond donors (Lipinski definition) is 2. The molecule has 2 aromatic rings. The second kappa shape index (κ2) is 7.90. The number of hydrogen-bond acceptors (Lipinski definition) is 3. The normalized spacial score (nSPS) is 19.2. The number of alkyl halides is 3. The van der Waals surface area contributed by atoms with Crippen LogP contribution in [0.25, 0.3) is 5.57 Å². The van der Waals surface area contributed by atoms with Crippen LogP contribution in [0.15, 0.2) is 66.8 Å². The lowest BCUT2D eigenvalue weighted by Gasteiger charge is -2.21. The van der Waals surface area contributed by atoms with E-state index in [0.29, 0.717) is 5.57 Å². The summed E-state index contributed by atoms with van der Waals surface area (Å²) >= 11 is 0. The SMILES string of the molecule is NC1C=CC(c2ccccc2COc2cccc(C(F)(F)F)c2)=CC1C(=O)O. The van der Waals surface area contributed by atoms with Crippen LogP contribution in [0, 0.1) is 5.92 Å². The molecule has 28 heavy (non-hydrogen) atoms. The molecule has 4 nitrogen and oxygen atoms in total. The van der Waals surface area contributed by atoms with E-state index in [9.17, 15) is 23.1 Å². The standard InChI is InChI=1S/C21H18F3NO3/c22-21(23,24)15-5-3-6-16(11-15)28-12-14-4-1-2-7-17(14)13-8-9-19(25)18(10-13)20(26)27/h1-11,18-19H,12,25H2,(H,26,27). The number of nitrogens with two attached hydrogens (primary N) is 1. The van der Waals surface area contributed by atoms with Crippen LogP contribution in [0.5, 0.6) is 5.75 Å². The number of halogens is 3. The van der Waals surface area contributed by atoms with Gasteiger partial charge in [-0.1, -0.05) is 48.6 Å². The fourth-order valence-corrected chi connectivity index (χ4v) is 2.96. The molecule has 1 aliphatic carbocycles. The number of rotatable bonds is 5. The number of carbonyl (C=O) groups is 1. The van der Waals surface area contributed by atoms with E-state index in [1.54, 1.807) is 42.5 Å². The largest absolute Gasteiger partial charge is 0.489 e. The minimum Gasteiger partial charge on any atom is -0.489 e. The summed E-state index contributed by atoms with van der Waals surface area (Å²) < 4.78 is 44.1. The Labute approximate surface area is 159 Å². The van der Waals surface area contributed by atoms with Crippen molar-refractivity contribution in [1.82, 2.24) is 0 Å². The maximum Gasteiger partial charge on any atom is 0.416 e. The smallest absolute Gasteiger partial charge is 0.416 e. The summed E-state index contributed by atoms with van der Waals surface area (Å²) in [4.78, 5) is 11.4. The molecule has 7 heteroatoms. The average molecular weight is 389 g/mol. The minimum atomic E-state index is -4.44. The first-order valence-corrected chi connectivity index (χ1v) is 8.52. The van der Waals surface area contributed by atoms with Crippen molar-refractivity contribution in [3.8, 4) is 5.75 Å². The number of benzene rings is 2. The highest BCUT2D eigenvalue weighted by molar-refractivity contribution is 5.84. The molecule has 0 aromatic heterocycles. The van der Waals surface area contributed by atoms with Gasteiger partial charge in [-0.2, -0.15) is 13.2 Å². The number of carboxylic acid groups (broad SMARTS) is 1. The second-order valence-electron chi connectivity index (χ2n) is 6.39. The summed E-state index contributed by atoms with van der Waals surface area (Å²) in [7, 11) is 0. The fraction of sp³-hybridized carbons (Fsp3) is 0.190. The number of aliphatic carboxylic acids is 1. The van der Waals surface area contributed by atoms with Gasteiger partial charge in [-0.05, 0) is 34.9 Å². The summed E-state index contributed by atoms with van der Waals surface area (Å²) in [5, 5.41) is 9.31. The number of carboxylic acids is 1. The average Bonchev–Trinajstić information content (AvgIpc) is 2.66. The molecule has 0 fully saturated rings. The third kappa shape index (κ3) is 4.43. The molecule has 3 rings (SSSR count). The van der Waals surface area contributed by atoms with Crippen molar-refractivity contribution < 1.29 is 27.8 Å². The third-order valence-corrected chi connectivity index (χ3v) is 4.44. The predicted molar refractivity (Wildman–Crippen MR) is 98.4 cm³/mol. The monoisotopic (exact) mass is 389 g/mol. The van der Waals surface area contributed by atoms with Gasteiger partial charge in [0.1, 0.15) is 12.4 Å². The Hall–Kier alpha value is -3.06. The molecule has 2 unspecified atom stereocenters. The molecule has 2 aromatic carbocycles. The summed E-state index contributed by atoms with van der Waals surface area (Å²) in [6.45, 7) is 0.0342. The van der Waals surface area contributed by atoms with Crippen LogP contribution in [-0.4, -0.2) is 17.1 Å². The molecular formula is C21H18F3NO3. The Morgan fingerprint density at radius 3 is 2.61 bits per heavy atom. The molecule has 0 heterocycles. The lowest BCUT2D eigenvalue weighted by molar-refractivity contribution is -0.140. The quantitative estimate of drug-likeness (QED) is 0.801. The van der Waals surface area contributed by atoms with Gasteiger partial charge in [-0.3, -0.25) is 4.79 Å². The maximum atomic E-state index is 12.8. The molecule has 0 spiro atoms. The lowest BCUT2D eigenvalue weighted by Crippen LogP contribution is -2.34. The fourth-order valence-electron chi connectivity index (χ4n) is 2.96. The van der Waals surface area contributed by atoms with E-state index in [4.69, 9.17) is 10.5 Å². The van der Waals surface area contributed by atoms with Crippen LogP contribution in [0.3, 0.4) is 0 Å². The van der Waals surface area contributed by atoms with Gasteiger partial charge in [-0.15, -0.1) is 0 Å². The Kier molecular flexibility index (Phi) is 5.56. The van der Waals surface area contributed by atoms with Crippen LogP contribution < -0.4 is 10.5 Å². The highest BCUT2D eigenvalue weighted by atomic mass is 19.4. The van der Waals surface area contributed by atoms with Gasteiger partial charge >= 0.3 is 12.1 Å². The van der Waals surface area contributed by atoms with Gasteiger partial charge in [0, 0.05) is 6.04 Å². The molecule has 0 radical (unpaired) electrons. The van der Waals surface area contributed by atoms with Gasteiger partial charge in [0.25, 0.3) is 0 Å². The predicted octanol–water partition coefficient (Wildman–Crippen LogP) is 4.27. The minimum absolute atomic E-state index is 0.0342. The van der Waals surface area contributed by atoms with E-state index in [0.717, 1.165) is 23.3 Å².